The highest BCUT2D eigenvalue weighted by molar-refractivity contribution is 9.10. The Balaban J connectivity index is 2.35. The van der Waals surface area contributed by atoms with Crippen LogP contribution in [0, 0.1) is 6.92 Å². The molecule has 0 spiro atoms. The molecular formula is C12H13Br2NO. The molecule has 0 radical (unpaired) electrons. The van der Waals surface area contributed by atoms with Gasteiger partial charge in [-0.25, -0.2) is 0 Å². The van der Waals surface area contributed by atoms with Crippen molar-refractivity contribution in [3.05, 3.63) is 28.2 Å². The Hall–Kier alpha value is -0.350. The van der Waals surface area contributed by atoms with E-state index in [-0.39, 0.29) is 10.7 Å². The van der Waals surface area contributed by atoms with Crippen LogP contribution in [-0.2, 0) is 4.79 Å². The van der Waals surface area contributed by atoms with E-state index >= 15 is 0 Å². The maximum Gasteiger partial charge on any atom is 0.240 e. The fraction of sp³-hybridized carbons (Fsp3) is 0.417. The third-order valence-corrected chi connectivity index (χ3v) is 4.18. The number of benzene rings is 1. The minimum atomic E-state index is -0.0281. The van der Waals surface area contributed by atoms with Crippen molar-refractivity contribution in [1.29, 1.82) is 0 Å². The lowest BCUT2D eigenvalue weighted by Gasteiger charge is -2.31. The van der Waals surface area contributed by atoms with Crippen LogP contribution in [-0.4, -0.2) is 17.3 Å². The minimum Gasteiger partial charge on any atom is -0.311 e. The maximum atomic E-state index is 12.1. The van der Waals surface area contributed by atoms with Crippen LogP contribution in [0.15, 0.2) is 22.7 Å². The van der Waals surface area contributed by atoms with Gasteiger partial charge < -0.3 is 4.90 Å². The van der Waals surface area contributed by atoms with Gasteiger partial charge in [-0.1, -0.05) is 37.9 Å². The molecule has 0 aromatic heterocycles. The topological polar surface area (TPSA) is 20.3 Å². The van der Waals surface area contributed by atoms with Crippen LogP contribution in [0.25, 0.3) is 0 Å². The first-order valence-corrected chi connectivity index (χ1v) is 7.02. The van der Waals surface area contributed by atoms with Crippen LogP contribution in [0.5, 0.6) is 0 Å². The quantitative estimate of drug-likeness (QED) is 0.711. The molecule has 1 aromatic carbocycles. The average molecular weight is 347 g/mol. The minimum absolute atomic E-state index is 0.0281. The number of anilines is 1. The first-order chi connectivity index (χ1) is 7.59. The average Bonchev–Trinajstić information content (AvgIpc) is 2.26. The highest BCUT2D eigenvalue weighted by atomic mass is 79.9. The van der Waals surface area contributed by atoms with Crippen LogP contribution in [0.2, 0.25) is 0 Å². The molecule has 2 rings (SSSR count). The first kappa shape index (κ1) is 12.1. The molecule has 1 heterocycles. The summed E-state index contributed by atoms with van der Waals surface area (Å²) in [6.07, 6.45) is 1.98. The fourth-order valence-electron chi connectivity index (χ4n) is 1.94. The highest BCUT2D eigenvalue weighted by Gasteiger charge is 2.28. The Morgan fingerprint density at radius 1 is 1.44 bits per heavy atom. The smallest absolute Gasteiger partial charge is 0.240 e. The molecule has 1 aliphatic heterocycles. The second kappa shape index (κ2) is 4.88. The number of alkyl halides is 1. The molecule has 1 amide bonds. The number of piperidine rings is 1. The number of aryl methyl sites for hydroxylation is 1. The van der Waals surface area contributed by atoms with Crippen LogP contribution in [0.3, 0.4) is 0 Å². The first-order valence-electron chi connectivity index (χ1n) is 5.31. The van der Waals surface area contributed by atoms with Gasteiger partial charge >= 0.3 is 0 Å². The molecule has 0 saturated carbocycles. The van der Waals surface area contributed by atoms with Gasteiger partial charge in [0.15, 0.2) is 0 Å². The molecule has 1 unspecified atom stereocenters. The van der Waals surface area contributed by atoms with Crippen molar-refractivity contribution in [1.82, 2.24) is 0 Å². The summed E-state index contributed by atoms with van der Waals surface area (Å²) in [5.74, 6) is 0.174. The Kier molecular flexibility index (Phi) is 3.70. The number of halogens is 2. The molecule has 1 saturated heterocycles. The van der Waals surface area contributed by atoms with Gasteiger partial charge in [0.05, 0.1) is 4.83 Å². The van der Waals surface area contributed by atoms with Crippen molar-refractivity contribution in [2.75, 3.05) is 11.4 Å². The Morgan fingerprint density at radius 3 is 2.94 bits per heavy atom. The summed E-state index contributed by atoms with van der Waals surface area (Å²) < 4.78 is 1.01. The molecule has 1 aromatic rings. The summed E-state index contributed by atoms with van der Waals surface area (Å²) in [7, 11) is 0. The summed E-state index contributed by atoms with van der Waals surface area (Å²) in [4.78, 5) is 13.9. The number of carbonyl (C=O) groups excluding carboxylic acids is 1. The Morgan fingerprint density at radius 2 is 2.19 bits per heavy atom. The van der Waals surface area contributed by atoms with Crippen LogP contribution < -0.4 is 4.90 Å². The summed E-state index contributed by atoms with van der Waals surface area (Å²) >= 11 is 6.88. The second-order valence-corrected chi connectivity index (χ2v) is 6.05. The molecule has 16 heavy (non-hydrogen) atoms. The van der Waals surface area contributed by atoms with Gasteiger partial charge in [0, 0.05) is 16.7 Å². The lowest BCUT2D eigenvalue weighted by atomic mass is 10.1. The summed E-state index contributed by atoms with van der Waals surface area (Å²) in [5.41, 5.74) is 2.15. The lowest BCUT2D eigenvalue weighted by Crippen LogP contribution is -2.42. The van der Waals surface area contributed by atoms with Gasteiger partial charge in [0.2, 0.25) is 5.91 Å². The monoisotopic (exact) mass is 345 g/mol. The van der Waals surface area contributed by atoms with Crippen LogP contribution in [0.1, 0.15) is 18.4 Å². The molecule has 2 nitrogen and oxygen atoms in total. The predicted molar refractivity (Wildman–Crippen MR) is 73.2 cm³/mol. The number of hydrogen-bond acceptors (Lipinski definition) is 1. The van der Waals surface area contributed by atoms with Crippen molar-refractivity contribution < 1.29 is 4.79 Å². The van der Waals surface area contributed by atoms with Crippen molar-refractivity contribution in [2.45, 2.75) is 24.6 Å². The summed E-state index contributed by atoms with van der Waals surface area (Å²) in [6, 6.07) is 6.04. The van der Waals surface area contributed by atoms with E-state index in [1.807, 2.05) is 30.0 Å². The van der Waals surface area contributed by atoms with E-state index in [1.165, 1.54) is 0 Å². The lowest BCUT2D eigenvalue weighted by molar-refractivity contribution is -0.118. The van der Waals surface area contributed by atoms with Gasteiger partial charge in [0.1, 0.15) is 0 Å². The molecule has 0 bridgehead atoms. The van der Waals surface area contributed by atoms with E-state index in [0.29, 0.717) is 0 Å². The van der Waals surface area contributed by atoms with Gasteiger partial charge in [-0.3, -0.25) is 4.79 Å². The fourth-order valence-corrected chi connectivity index (χ4v) is 2.86. The third kappa shape index (κ3) is 2.33. The maximum absolute atomic E-state index is 12.1. The van der Waals surface area contributed by atoms with E-state index in [1.54, 1.807) is 0 Å². The zero-order valence-electron chi connectivity index (χ0n) is 9.04. The zero-order chi connectivity index (χ0) is 11.7. The summed E-state index contributed by atoms with van der Waals surface area (Å²) in [6.45, 7) is 2.85. The number of hydrogen-bond donors (Lipinski definition) is 0. The number of rotatable bonds is 1. The van der Waals surface area contributed by atoms with E-state index in [0.717, 1.165) is 35.1 Å². The van der Waals surface area contributed by atoms with Crippen molar-refractivity contribution in [2.24, 2.45) is 0 Å². The van der Waals surface area contributed by atoms with E-state index < -0.39 is 0 Å². The van der Waals surface area contributed by atoms with E-state index in [4.69, 9.17) is 0 Å². The highest BCUT2D eigenvalue weighted by Crippen LogP contribution is 2.29. The van der Waals surface area contributed by atoms with Gasteiger partial charge in [-0.2, -0.15) is 0 Å². The number of carbonyl (C=O) groups is 1. The van der Waals surface area contributed by atoms with Crippen molar-refractivity contribution >= 4 is 43.5 Å². The Bertz CT molecular complexity index is 419. The van der Waals surface area contributed by atoms with Crippen molar-refractivity contribution in [3.8, 4) is 0 Å². The van der Waals surface area contributed by atoms with Crippen LogP contribution in [0.4, 0.5) is 5.69 Å². The van der Waals surface area contributed by atoms with Gasteiger partial charge in [-0.15, -0.1) is 0 Å². The molecule has 1 aliphatic rings. The number of nitrogens with zero attached hydrogens (tertiary/aromatic N) is 1. The molecular weight excluding hydrogens is 334 g/mol. The Labute approximate surface area is 112 Å². The normalized spacial score (nSPS) is 21.3. The standard InChI is InChI=1S/C12H13Br2NO/c1-8-4-5-9(13)7-11(8)15-6-2-3-10(14)12(15)16/h4-5,7,10H,2-3,6H2,1H3. The third-order valence-electron chi connectivity index (χ3n) is 2.84. The molecule has 1 atom stereocenters. The van der Waals surface area contributed by atoms with E-state index in [9.17, 15) is 4.79 Å². The van der Waals surface area contributed by atoms with Crippen molar-refractivity contribution in [3.63, 3.8) is 0 Å². The molecule has 4 heteroatoms. The van der Waals surface area contributed by atoms with Crippen LogP contribution >= 0.6 is 31.9 Å². The van der Waals surface area contributed by atoms with Gasteiger partial charge in [0.25, 0.3) is 0 Å². The molecule has 0 N–H and O–H groups in total. The second-order valence-electron chi connectivity index (χ2n) is 4.03. The van der Waals surface area contributed by atoms with Gasteiger partial charge in [-0.05, 0) is 37.5 Å². The summed E-state index contributed by atoms with van der Waals surface area (Å²) in [5, 5.41) is 0. The SMILES string of the molecule is Cc1ccc(Br)cc1N1CCCC(Br)C1=O. The largest absolute Gasteiger partial charge is 0.311 e. The molecule has 0 aliphatic carbocycles. The number of amides is 1. The van der Waals surface area contributed by atoms with E-state index in [2.05, 4.69) is 31.9 Å². The molecule has 86 valence electrons. The predicted octanol–water partition coefficient (Wildman–Crippen LogP) is 3.65. The zero-order valence-corrected chi connectivity index (χ0v) is 12.2. The molecule has 1 fully saturated rings.